The molecule has 102 valence electrons. The van der Waals surface area contributed by atoms with Gasteiger partial charge in [-0.05, 0) is 0 Å². The van der Waals surface area contributed by atoms with E-state index < -0.39 is 31.1 Å². The molecule has 0 spiro atoms. The highest BCUT2D eigenvalue weighted by Gasteiger charge is 2.43. The van der Waals surface area contributed by atoms with Crippen molar-refractivity contribution in [2.24, 2.45) is 0 Å². The lowest BCUT2D eigenvalue weighted by molar-refractivity contribution is -0.0511. The van der Waals surface area contributed by atoms with Gasteiger partial charge in [0.2, 0.25) is 0 Å². The Kier molecular flexibility index (Phi) is 2.32. The van der Waals surface area contributed by atoms with Crippen molar-refractivity contribution in [2.75, 3.05) is 12.3 Å². The molecule has 19 heavy (non-hydrogen) atoms. The predicted octanol–water partition coefficient (Wildman–Crippen LogP) is -1.98. The molecule has 9 nitrogen and oxygen atoms in total. The highest BCUT2D eigenvalue weighted by atomic mass is 16.6. The van der Waals surface area contributed by atoms with Crippen molar-refractivity contribution in [1.29, 1.82) is 0 Å². The first-order valence-corrected chi connectivity index (χ1v) is 5.46. The summed E-state index contributed by atoms with van der Waals surface area (Å²) < 4.78 is 22.2. The number of hydrogen-bond acceptors (Lipinski definition) is 8. The van der Waals surface area contributed by atoms with Crippen molar-refractivity contribution in [3.63, 3.8) is 0 Å². The quantitative estimate of drug-likeness (QED) is 0.491. The average Bonchev–Trinajstić information content (AvgIpc) is 2.95. The summed E-state index contributed by atoms with van der Waals surface area (Å²) in [5.74, 6) is 0.0631. The van der Waals surface area contributed by atoms with E-state index in [4.69, 9.17) is 18.3 Å². The van der Waals surface area contributed by atoms with Crippen LogP contribution in [0.25, 0.3) is 11.2 Å². The standard InChI is InChI=1S/C10H13N5O4/c11-8-5-9(13-2-12-8)15(3-14-5)10-7(18)6(17)4(1-16)19-10/h2-4,6-7,10,16-18H,1H2,(H2,11,12,13)/t4-,6-,7-,10-/m1/s1/i7D,10D. The third kappa shape index (κ3) is 1.75. The lowest BCUT2D eigenvalue weighted by Crippen LogP contribution is -2.33. The van der Waals surface area contributed by atoms with E-state index >= 15 is 0 Å². The van der Waals surface area contributed by atoms with Crippen LogP contribution in [0.4, 0.5) is 5.82 Å². The van der Waals surface area contributed by atoms with Gasteiger partial charge in [0.25, 0.3) is 0 Å². The molecule has 2 aromatic rings. The average molecular weight is 269 g/mol. The molecular formula is C10H13N5O4. The van der Waals surface area contributed by atoms with Gasteiger partial charge >= 0.3 is 0 Å². The highest BCUT2D eigenvalue weighted by Crippen LogP contribution is 2.31. The van der Waals surface area contributed by atoms with Crippen molar-refractivity contribution in [1.82, 2.24) is 19.5 Å². The van der Waals surface area contributed by atoms with Gasteiger partial charge in [-0.3, -0.25) is 4.57 Å². The molecule has 1 saturated heterocycles. The molecule has 2 aromatic heterocycles. The number of rotatable bonds is 2. The minimum Gasteiger partial charge on any atom is -0.394 e. The number of imidazole rings is 1. The lowest BCUT2D eigenvalue weighted by Gasteiger charge is -2.16. The molecule has 0 radical (unpaired) electrons. The number of fused-ring (bicyclic) bond motifs is 1. The fraction of sp³-hybridized carbons (Fsp3) is 0.500. The molecule has 0 amide bonds. The van der Waals surface area contributed by atoms with Gasteiger partial charge in [-0.2, -0.15) is 0 Å². The SMILES string of the molecule is [2H][C@@]1(n2cnc3c(N)ncnc32)O[C@H](CO)[C@@H](O)[C@@]1([2H])O. The summed E-state index contributed by atoms with van der Waals surface area (Å²) >= 11 is 0. The number of aliphatic hydroxyl groups is 3. The molecule has 1 aliphatic heterocycles. The molecule has 0 bridgehead atoms. The minimum absolute atomic E-state index is 0.0631. The Morgan fingerprint density at radius 2 is 2.21 bits per heavy atom. The zero-order valence-corrected chi connectivity index (χ0v) is 9.63. The number of aliphatic hydroxyl groups excluding tert-OH is 2. The number of aromatic nitrogens is 4. The molecule has 4 atom stereocenters. The summed E-state index contributed by atoms with van der Waals surface area (Å²) in [6, 6.07) is 0. The molecule has 3 heterocycles. The second kappa shape index (κ2) is 4.38. The van der Waals surface area contributed by atoms with Crippen molar-refractivity contribution >= 4 is 17.0 Å². The number of ether oxygens (including phenoxy) is 1. The van der Waals surface area contributed by atoms with Gasteiger partial charge in [0.05, 0.1) is 15.7 Å². The molecule has 0 aliphatic carbocycles. The van der Waals surface area contributed by atoms with Crippen LogP contribution in [0.2, 0.25) is 0 Å². The largest absolute Gasteiger partial charge is 0.394 e. The first-order chi connectivity index (χ1) is 9.83. The van der Waals surface area contributed by atoms with Crippen LogP contribution < -0.4 is 5.73 Å². The minimum atomic E-state index is -2.74. The topological polar surface area (TPSA) is 140 Å². The third-order valence-electron chi connectivity index (χ3n) is 2.87. The van der Waals surface area contributed by atoms with Crippen molar-refractivity contribution in [3.8, 4) is 0 Å². The van der Waals surface area contributed by atoms with Gasteiger partial charge in [-0.25, -0.2) is 15.0 Å². The Bertz CT molecular complexity index is 695. The lowest BCUT2D eigenvalue weighted by atomic mass is 10.1. The molecule has 9 heteroatoms. The monoisotopic (exact) mass is 269 g/mol. The number of nitrogen functional groups attached to an aromatic ring is 1. The normalized spacial score (nSPS) is 40.4. The smallest absolute Gasteiger partial charge is 0.167 e. The van der Waals surface area contributed by atoms with Crippen LogP contribution in [0.1, 0.15) is 8.95 Å². The third-order valence-corrected chi connectivity index (χ3v) is 2.87. The van der Waals surface area contributed by atoms with Crippen LogP contribution in [-0.4, -0.2) is 59.7 Å². The van der Waals surface area contributed by atoms with E-state index in [1.54, 1.807) is 0 Å². The summed E-state index contributed by atoms with van der Waals surface area (Å²) in [6.07, 6.45) is -6.02. The predicted molar refractivity (Wildman–Crippen MR) is 62.7 cm³/mol. The Balaban J connectivity index is 2.19. The van der Waals surface area contributed by atoms with Gasteiger partial charge in [0.15, 0.2) is 17.7 Å². The van der Waals surface area contributed by atoms with Crippen molar-refractivity contribution in [3.05, 3.63) is 12.7 Å². The summed E-state index contributed by atoms with van der Waals surface area (Å²) in [7, 11) is 0. The maximum Gasteiger partial charge on any atom is 0.167 e. The van der Waals surface area contributed by atoms with Gasteiger partial charge in [0.1, 0.15) is 30.1 Å². The fourth-order valence-electron chi connectivity index (χ4n) is 1.89. The van der Waals surface area contributed by atoms with Gasteiger partial charge in [-0.15, -0.1) is 0 Å². The second-order valence-corrected chi connectivity index (χ2v) is 4.02. The Hall–Kier alpha value is -1.81. The molecule has 0 aromatic carbocycles. The van der Waals surface area contributed by atoms with E-state index in [2.05, 4.69) is 15.0 Å². The van der Waals surface area contributed by atoms with E-state index in [1.165, 1.54) is 0 Å². The molecule has 5 N–H and O–H groups in total. The van der Waals surface area contributed by atoms with E-state index in [-0.39, 0.29) is 17.0 Å². The number of nitrogens with two attached hydrogens (primary N) is 1. The van der Waals surface area contributed by atoms with Gasteiger partial charge in [0, 0.05) is 0 Å². The molecule has 1 fully saturated rings. The van der Waals surface area contributed by atoms with Crippen LogP contribution in [0.5, 0.6) is 0 Å². The van der Waals surface area contributed by atoms with E-state index in [9.17, 15) is 10.2 Å². The van der Waals surface area contributed by atoms with Crippen LogP contribution in [0.15, 0.2) is 12.7 Å². The molecule has 0 unspecified atom stereocenters. The zero-order valence-electron chi connectivity index (χ0n) is 11.6. The maximum absolute atomic E-state index is 10.2. The zero-order chi connectivity index (χ0) is 15.4. The van der Waals surface area contributed by atoms with Crippen LogP contribution in [0, 0.1) is 0 Å². The van der Waals surface area contributed by atoms with Crippen molar-refractivity contribution < 1.29 is 22.8 Å². The summed E-state index contributed by atoms with van der Waals surface area (Å²) in [5, 5.41) is 29.1. The van der Waals surface area contributed by atoms with Crippen LogP contribution >= 0.6 is 0 Å². The van der Waals surface area contributed by atoms with E-state index in [0.717, 1.165) is 17.2 Å². The molecule has 3 rings (SSSR count). The summed E-state index contributed by atoms with van der Waals surface area (Å²) in [6.45, 7) is -0.660. The second-order valence-electron chi connectivity index (χ2n) is 4.02. The van der Waals surface area contributed by atoms with Crippen LogP contribution in [0.3, 0.4) is 0 Å². The van der Waals surface area contributed by atoms with Gasteiger partial charge in [-0.1, -0.05) is 0 Å². The number of nitrogens with zero attached hydrogens (tertiary/aromatic N) is 4. The van der Waals surface area contributed by atoms with E-state index in [0.29, 0.717) is 0 Å². The fourth-order valence-corrected chi connectivity index (χ4v) is 1.89. The molecule has 0 saturated carbocycles. The maximum atomic E-state index is 10.2. The Morgan fingerprint density at radius 3 is 2.89 bits per heavy atom. The summed E-state index contributed by atoms with van der Waals surface area (Å²) in [4.78, 5) is 11.6. The van der Waals surface area contributed by atoms with E-state index in [1.807, 2.05) is 0 Å². The molecular weight excluding hydrogens is 254 g/mol. The van der Waals surface area contributed by atoms with Crippen LogP contribution in [-0.2, 0) is 4.74 Å². The van der Waals surface area contributed by atoms with Crippen molar-refractivity contribution in [2.45, 2.75) is 24.5 Å². The first kappa shape index (κ1) is 10.0. The number of hydrogen-bond donors (Lipinski definition) is 4. The Labute approximate surface area is 110 Å². The first-order valence-electron chi connectivity index (χ1n) is 6.46. The summed E-state index contributed by atoms with van der Waals surface area (Å²) in [5.41, 5.74) is 5.87. The number of anilines is 1. The van der Waals surface area contributed by atoms with Gasteiger partial charge < -0.3 is 25.8 Å². The molecule has 1 aliphatic rings. The highest BCUT2D eigenvalue weighted by molar-refractivity contribution is 5.81. The Morgan fingerprint density at radius 1 is 1.42 bits per heavy atom.